The molecule has 8 heteroatoms. The molecule has 100 valence electrons. The van der Waals surface area contributed by atoms with E-state index in [1.54, 1.807) is 12.1 Å². The number of aromatic nitrogens is 3. The number of methoxy groups -OCH3 is 1. The summed E-state index contributed by atoms with van der Waals surface area (Å²) in [6, 6.07) is 4.81. The Morgan fingerprint density at radius 1 is 1.47 bits per heavy atom. The normalized spacial score (nSPS) is 10.4. The van der Waals surface area contributed by atoms with Crippen LogP contribution in [0.3, 0.4) is 0 Å². The predicted molar refractivity (Wildman–Crippen MR) is 68.4 cm³/mol. The number of nitrogens with zero attached hydrogens (tertiary/aromatic N) is 2. The zero-order valence-corrected chi connectivity index (χ0v) is 10.8. The second-order valence-electron chi connectivity index (χ2n) is 3.55. The van der Waals surface area contributed by atoms with E-state index in [-0.39, 0.29) is 11.5 Å². The molecule has 2 aromatic rings. The fourth-order valence-electron chi connectivity index (χ4n) is 1.41. The molecule has 3 N–H and O–H groups in total. The summed E-state index contributed by atoms with van der Waals surface area (Å²) in [6.45, 7) is 0. The molecule has 1 aromatic heterocycles. The number of carboxylic acid groups (broad SMARTS) is 1. The first-order valence-electron chi connectivity index (χ1n) is 5.25. The van der Waals surface area contributed by atoms with Crippen LogP contribution in [0.1, 0.15) is 0 Å². The summed E-state index contributed by atoms with van der Waals surface area (Å²) in [7, 11) is 1.46. The van der Waals surface area contributed by atoms with Crippen molar-refractivity contribution in [2.24, 2.45) is 0 Å². The highest BCUT2D eigenvalue weighted by molar-refractivity contribution is 7.99. The predicted octanol–water partition coefficient (Wildman–Crippen LogP) is 1.36. The number of aromatic hydroxyl groups is 1. The Hall–Kier alpha value is -2.22. The monoisotopic (exact) mass is 281 g/mol. The molecule has 1 aromatic carbocycles. The second-order valence-corrected chi connectivity index (χ2v) is 4.51. The lowest BCUT2D eigenvalue weighted by molar-refractivity contribution is -0.133. The van der Waals surface area contributed by atoms with Gasteiger partial charge >= 0.3 is 5.97 Å². The van der Waals surface area contributed by atoms with Crippen LogP contribution >= 0.6 is 11.8 Å². The minimum atomic E-state index is -0.926. The van der Waals surface area contributed by atoms with E-state index in [1.807, 2.05) is 0 Å². The van der Waals surface area contributed by atoms with E-state index in [2.05, 4.69) is 15.2 Å². The maximum Gasteiger partial charge on any atom is 0.313 e. The fourth-order valence-corrected chi connectivity index (χ4v) is 1.94. The minimum Gasteiger partial charge on any atom is -0.504 e. The molecule has 0 aliphatic carbocycles. The quantitative estimate of drug-likeness (QED) is 0.710. The Kier molecular flexibility index (Phi) is 3.91. The van der Waals surface area contributed by atoms with Crippen LogP contribution in [0, 0.1) is 0 Å². The van der Waals surface area contributed by atoms with Gasteiger partial charge in [-0.1, -0.05) is 11.8 Å². The summed E-state index contributed by atoms with van der Waals surface area (Å²) in [5, 5.41) is 26.3. The van der Waals surface area contributed by atoms with Crippen molar-refractivity contribution in [3.63, 3.8) is 0 Å². The number of carboxylic acids is 1. The maximum absolute atomic E-state index is 10.4. The fraction of sp³-hybridized carbons (Fsp3) is 0.182. The van der Waals surface area contributed by atoms with Crippen LogP contribution in [0.5, 0.6) is 11.5 Å². The summed E-state index contributed by atoms with van der Waals surface area (Å²) in [5.74, 6) is -0.210. The van der Waals surface area contributed by atoms with Gasteiger partial charge in [0, 0.05) is 5.56 Å². The van der Waals surface area contributed by atoms with E-state index in [0.717, 1.165) is 11.8 Å². The third-order valence-corrected chi connectivity index (χ3v) is 3.10. The molecule has 0 unspecified atom stereocenters. The van der Waals surface area contributed by atoms with Crippen molar-refractivity contribution in [3.05, 3.63) is 18.2 Å². The van der Waals surface area contributed by atoms with E-state index in [9.17, 15) is 9.90 Å². The standard InChI is InChI=1S/C11H11N3O4S/c1-18-8-3-2-6(4-7(8)15)10-12-11(14-13-10)19-5-9(16)17/h2-4,15H,5H2,1H3,(H,16,17)(H,12,13,14). The average Bonchev–Trinajstić information content (AvgIpc) is 2.85. The number of rotatable bonds is 5. The number of H-pyrrole nitrogens is 1. The zero-order valence-electron chi connectivity index (χ0n) is 9.95. The minimum absolute atomic E-state index is 0.00357. The molecule has 0 saturated carbocycles. The number of benzene rings is 1. The Labute approximate surface area is 112 Å². The van der Waals surface area contributed by atoms with Crippen molar-refractivity contribution >= 4 is 17.7 Å². The molecule has 0 spiro atoms. The van der Waals surface area contributed by atoms with Crippen LogP contribution in [-0.4, -0.2) is 44.2 Å². The van der Waals surface area contributed by atoms with E-state index >= 15 is 0 Å². The number of hydrogen-bond donors (Lipinski definition) is 3. The SMILES string of the molecule is COc1ccc(-c2nnc(SCC(=O)O)[nH]2)cc1O. The number of carbonyl (C=O) groups is 1. The number of thioether (sulfide) groups is 1. The maximum atomic E-state index is 10.4. The number of hydrogen-bond acceptors (Lipinski definition) is 6. The van der Waals surface area contributed by atoms with E-state index in [0.29, 0.717) is 22.3 Å². The number of aromatic amines is 1. The first kappa shape index (κ1) is 13.2. The highest BCUT2D eigenvalue weighted by atomic mass is 32.2. The summed E-state index contributed by atoms with van der Waals surface area (Å²) in [6.07, 6.45) is 0. The molecule has 0 saturated heterocycles. The molecule has 0 bridgehead atoms. The molecular formula is C11H11N3O4S. The second kappa shape index (κ2) is 5.61. The molecular weight excluding hydrogens is 270 g/mol. The third kappa shape index (κ3) is 3.16. The van der Waals surface area contributed by atoms with Gasteiger partial charge in [-0.3, -0.25) is 4.79 Å². The van der Waals surface area contributed by atoms with Gasteiger partial charge in [0.05, 0.1) is 12.9 Å². The number of ether oxygens (including phenoxy) is 1. The van der Waals surface area contributed by atoms with Crippen LogP contribution < -0.4 is 4.74 Å². The van der Waals surface area contributed by atoms with E-state index < -0.39 is 5.97 Å². The average molecular weight is 281 g/mol. The Morgan fingerprint density at radius 2 is 2.26 bits per heavy atom. The van der Waals surface area contributed by atoms with Crippen molar-refractivity contribution < 1.29 is 19.7 Å². The highest BCUT2D eigenvalue weighted by Crippen LogP contribution is 2.30. The zero-order chi connectivity index (χ0) is 13.8. The van der Waals surface area contributed by atoms with Crippen LogP contribution in [-0.2, 0) is 4.79 Å². The molecule has 0 atom stereocenters. The molecule has 0 aliphatic rings. The van der Waals surface area contributed by atoms with Gasteiger partial charge in [-0.2, -0.15) is 0 Å². The Morgan fingerprint density at radius 3 is 2.89 bits per heavy atom. The van der Waals surface area contributed by atoms with Crippen molar-refractivity contribution in [2.75, 3.05) is 12.9 Å². The molecule has 19 heavy (non-hydrogen) atoms. The molecule has 2 rings (SSSR count). The van der Waals surface area contributed by atoms with E-state index in [1.165, 1.54) is 13.2 Å². The number of nitrogens with one attached hydrogen (secondary N) is 1. The molecule has 0 radical (unpaired) electrons. The topological polar surface area (TPSA) is 108 Å². The van der Waals surface area contributed by atoms with Crippen LogP contribution in [0.2, 0.25) is 0 Å². The van der Waals surface area contributed by atoms with E-state index in [4.69, 9.17) is 9.84 Å². The van der Waals surface area contributed by atoms with Crippen molar-refractivity contribution in [1.29, 1.82) is 0 Å². The van der Waals surface area contributed by atoms with Crippen LogP contribution in [0.25, 0.3) is 11.4 Å². The largest absolute Gasteiger partial charge is 0.504 e. The lowest BCUT2D eigenvalue weighted by Gasteiger charge is -2.03. The first-order chi connectivity index (χ1) is 9.10. The number of phenolic OH excluding ortho intramolecular Hbond substituents is 1. The highest BCUT2D eigenvalue weighted by Gasteiger charge is 2.10. The van der Waals surface area contributed by atoms with Crippen molar-refractivity contribution in [1.82, 2.24) is 15.2 Å². The summed E-state index contributed by atoms with van der Waals surface area (Å²) in [4.78, 5) is 13.3. The van der Waals surface area contributed by atoms with Gasteiger partial charge in [-0.25, -0.2) is 0 Å². The van der Waals surface area contributed by atoms with Gasteiger partial charge in [0.1, 0.15) is 0 Å². The molecule has 0 amide bonds. The lowest BCUT2D eigenvalue weighted by atomic mass is 10.2. The Bertz CT molecular complexity index is 599. The van der Waals surface area contributed by atoms with Crippen molar-refractivity contribution in [2.45, 2.75) is 5.16 Å². The number of aliphatic carboxylic acids is 1. The van der Waals surface area contributed by atoms with Gasteiger partial charge < -0.3 is 19.9 Å². The van der Waals surface area contributed by atoms with Gasteiger partial charge in [-0.15, -0.1) is 10.2 Å². The summed E-state index contributed by atoms with van der Waals surface area (Å²) >= 11 is 1.04. The summed E-state index contributed by atoms with van der Waals surface area (Å²) < 4.78 is 4.94. The van der Waals surface area contributed by atoms with Crippen LogP contribution in [0.15, 0.2) is 23.4 Å². The number of phenols is 1. The molecule has 7 nitrogen and oxygen atoms in total. The van der Waals surface area contributed by atoms with Crippen molar-refractivity contribution in [3.8, 4) is 22.9 Å². The van der Waals surface area contributed by atoms with Gasteiger partial charge in [0.15, 0.2) is 22.5 Å². The van der Waals surface area contributed by atoms with Gasteiger partial charge in [-0.05, 0) is 18.2 Å². The molecule has 0 fully saturated rings. The van der Waals surface area contributed by atoms with Gasteiger partial charge in [0.2, 0.25) is 0 Å². The summed E-state index contributed by atoms with van der Waals surface area (Å²) in [5.41, 5.74) is 0.632. The lowest BCUT2D eigenvalue weighted by Crippen LogP contribution is -1.97. The first-order valence-corrected chi connectivity index (χ1v) is 6.23. The Balaban J connectivity index is 2.18. The smallest absolute Gasteiger partial charge is 0.313 e. The third-order valence-electron chi connectivity index (χ3n) is 2.25. The molecule has 0 aliphatic heterocycles. The van der Waals surface area contributed by atoms with Crippen LogP contribution in [0.4, 0.5) is 0 Å². The van der Waals surface area contributed by atoms with Gasteiger partial charge in [0.25, 0.3) is 0 Å². The molecule has 1 heterocycles.